The molecule has 0 fully saturated rings. The quantitative estimate of drug-likeness (QED) is 0.778. The Bertz CT molecular complexity index is 761. The summed E-state index contributed by atoms with van der Waals surface area (Å²) in [6.07, 6.45) is -4.26. The lowest BCUT2D eigenvalue weighted by Crippen LogP contribution is -2.30. The molecule has 1 heterocycles. The van der Waals surface area contributed by atoms with Crippen LogP contribution in [0.25, 0.3) is 0 Å². The Kier molecular flexibility index (Phi) is 5.97. The minimum atomic E-state index is -4.57. The smallest absolute Gasteiger partial charge is 0.419 e. The molecule has 2 N–H and O–H groups in total. The van der Waals surface area contributed by atoms with Gasteiger partial charge in [-0.2, -0.15) is 13.2 Å². The molecule has 2 rings (SSSR count). The number of aromatic carboxylic acids is 1. The van der Waals surface area contributed by atoms with Crippen molar-refractivity contribution in [1.82, 2.24) is 10.3 Å². The van der Waals surface area contributed by atoms with E-state index in [0.29, 0.717) is 11.4 Å². The lowest BCUT2D eigenvalue weighted by molar-refractivity contribution is -0.139. The Morgan fingerprint density at radius 1 is 1.28 bits per heavy atom. The molecular formula is C15H13F3N2O4S. The van der Waals surface area contributed by atoms with Crippen molar-refractivity contribution in [2.75, 3.05) is 13.2 Å². The van der Waals surface area contributed by atoms with Gasteiger partial charge >= 0.3 is 12.1 Å². The van der Waals surface area contributed by atoms with Crippen molar-refractivity contribution in [1.29, 1.82) is 0 Å². The van der Waals surface area contributed by atoms with E-state index in [1.165, 1.54) is 17.5 Å². The van der Waals surface area contributed by atoms with Crippen molar-refractivity contribution in [2.45, 2.75) is 12.6 Å². The van der Waals surface area contributed by atoms with E-state index in [2.05, 4.69) is 10.3 Å². The average molecular weight is 374 g/mol. The van der Waals surface area contributed by atoms with Crippen LogP contribution in [0.3, 0.4) is 0 Å². The molecule has 2 aromatic rings. The SMILES string of the molecule is O=C(COc1ccccc1C(F)(F)F)NCCc1nc(C(=O)O)cs1. The van der Waals surface area contributed by atoms with Crippen LogP contribution in [0.15, 0.2) is 29.6 Å². The molecule has 0 aliphatic heterocycles. The van der Waals surface area contributed by atoms with Gasteiger partial charge in [-0.15, -0.1) is 11.3 Å². The lowest BCUT2D eigenvalue weighted by Gasteiger charge is -2.13. The summed E-state index contributed by atoms with van der Waals surface area (Å²) in [7, 11) is 0. The predicted molar refractivity (Wildman–Crippen MR) is 82.7 cm³/mol. The zero-order valence-corrected chi connectivity index (χ0v) is 13.5. The molecule has 0 radical (unpaired) electrons. The van der Waals surface area contributed by atoms with Gasteiger partial charge in [-0.05, 0) is 12.1 Å². The highest BCUT2D eigenvalue weighted by molar-refractivity contribution is 7.09. The number of ether oxygens (including phenoxy) is 1. The fourth-order valence-electron chi connectivity index (χ4n) is 1.85. The van der Waals surface area contributed by atoms with Gasteiger partial charge < -0.3 is 15.2 Å². The highest BCUT2D eigenvalue weighted by Crippen LogP contribution is 2.35. The number of aromatic nitrogens is 1. The molecule has 10 heteroatoms. The lowest BCUT2D eigenvalue weighted by atomic mass is 10.2. The van der Waals surface area contributed by atoms with Crippen LogP contribution in [0.2, 0.25) is 0 Å². The zero-order valence-electron chi connectivity index (χ0n) is 12.7. The minimum Gasteiger partial charge on any atom is -0.483 e. The van der Waals surface area contributed by atoms with Gasteiger partial charge in [0.25, 0.3) is 5.91 Å². The fraction of sp³-hybridized carbons (Fsp3) is 0.267. The maximum atomic E-state index is 12.8. The summed E-state index contributed by atoms with van der Waals surface area (Å²) in [6, 6.07) is 4.62. The van der Waals surface area contributed by atoms with Crippen molar-refractivity contribution in [3.8, 4) is 5.75 Å². The molecule has 0 saturated carbocycles. The number of rotatable bonds is 7. The Morgan fingerprint density at radius 2 is 2.00 bits per heavy atom. The van der Waals surface area contributed by atoms with E-state index in [1.807, 2.05) is 0 Å². The molecule has 0 unspecified atom stereocenters. The van der Waals surface area contributed by atoms with Crippen LogP contribution in [-0.2, 0) is 17.4 Å². The van der Waals surface area contributed by atoms with Gasteiger partial charge in [0.05, 0.1) is 10.6 Å². The van der Waals surface area contributed by atoms with E-state index in [4.69, 9.17) is 9.84 Å². The average Bonchev–Trinajstić information content (AvgIpc) is 3.01. The summed E-state index contributed by atoms with van der Waals surface area (Å²) in [4.78, 5) is 26.2. The van der Waals surface area contributed by atoms with Crippen molar-refractivity contribution < 1.29 is 32.6 Å². The van der Waals surface area contributed by atoms with Gasteiger partial charge in [-0.1, -0.05) is 12.1 Å². The number of para-hydroxylation sites is 1. The largest absolute Gasteiger partial charge is 0.483 e. The number of benzene rings is 1. The fourth-order valence-corrected chi connectivity index (χ4v) is 2.63. The Labute approximate surface area is 144 Å². The molecule has 0 bridgehead atoms. The highest BCUT2D eigenvalue weighted by atomic mass is 32.1. The Hall–Kier alpha value is -2.62. The normalized spacial score (nSPS) is 11.2. The minimum absolute atomic E-state index is 0.0709. The number of hydrogen-bond donors (Lipinski definition) is 2. The van der Waals surface area contributed by atoms with E-state index in [-0.39, 0.29) is 12.2 Å². The number of carbonyl (C=O) groups excluding carboxylic acids is 1. The van der Waals surface area contributed by atoms with Crippen molar-refractivity contribution in [2.24, 2.45) is 0 Å². The molecule has 1 aromatic carbocycles. The Morgan fingerprint density at radius 3 is 2.64 bits per heavy atom. The number of alkyl halides is 3. The van der Waals surface area contributed by atoms with E-state index in [9.17, 15) is 22.8 Å². The third-order valence-electron chi connectivity index (χ3n) is 2.98. The maximum absolute atomic E-state index is 12.8. The van der Waals surface area contributed by atoms with Crippen LogP contribution in [0.5, 0.6) is 5.75 Å². The van der Waals surface area contributed by atoms with Gasteiger partial charge in [0.1, 0.15) is 5.75 Å². The third-order valence-corrected chi connectivity index (χ3v) is 3.89. The molecule has 0 aliphatic rings. The molecule has 1 amide bonds. The summed E-state index contributed by atoms with van der Waals surface area (Å²) in [5.41, 5.74) is -1.02. The second-order valence-corrected chi connectivity index (χ2v) is 5.76. The van der Waals surface area contributed by atoms with Gasteiger partial charge in [0.15, 0.2) is 12.3 Å². The summed E-state index contributed by atoms with van der Waals surface area (Å²) in [5, 5.41) is 13.1. The summed E-state index contributed by atoms with van der Waals surface area (Å²) in [5.74, 6) is -2.15. The van der Waals surface area contributed by atoms with Crippen LogP contribution in [-0.4, -0.2) is 35.1 Å². The van der Waals surface area contributed by atoms with Gasteiger partial charge in [0, 0.05) is 18.3 Å². The number of carboxylic acids is 1. The van der Waals surface area contributed by atoms with Crippen molar-refractivity contribution in [3.05, 3.63) is 45.9 Å². The molecule has 134 valence electrons. The first-order valence-electron chi connectivity index (χ1n) is 7.01. The predicted octanol–water partition coefficient (Wildman–Crippen LogP) is 2.60. The van der Waals surface area contributed by atoms with Crippen LogP contribution in [0, 0.1) is 0 Å². The summed E-state index contributed by atoms with van der Waals surface area (Å²) < 4.78 is 43.3. The molecule has 0 saturated heterocycles. The monoisotopic (exact) mass is 374 g/mol. The van der Waals surface area contributed by atoms with Crippen LogP contribution in [0.4, 0.5) is 13.2 Å². The van der Waals surface area contributed by atoms with E-state index in [0.717, 1.165) is 23.5 Å². The number of nitrogens with zero attached hydrogens (tertiary/aromatic N) is 1. The van der Waals surface area contributed by atoms with Crippen LogP contribution in [0.1, 0.15) is 21.1 Å². The molecular weight excluding hydrogens is 361 g/mol. The number of thiazole rings is 1. The van der Waals surface area contributed by atoms with E-state index in [1.54, 1.807) is 0 Å². The van der Waals surface area contributed by atoms with Crippen molar-refractivity contribution >= 4 is 23.2 Å². The van der Waals surface area contributed by atoms with Gasteiger partial charge in [-0.25, -0.2) is 9.78 Å². The van der Waals surface area contributed by atoms with Crippen LogP contribution >= 0.6 is 11.3 Å². The number of hydrogen-bond acceptors (Lipinski definition) is 5. The topological polar surface area (TPSA) is 88.5 Å². The second-order valence-electron chi connectivity index (χ2n) is 4.81. The van der Waals surface area contributed by atoms with Gasteiger partial charge in [-0.3, -0.25) is 4.79 Å². The third kappa shape index (κ3) is 5.45. The Balaban J connectivity index is 1.80. The number of carbonyl (C=O) groups is 2. The first-order valence-corrected chi connectivity index (χ1v) is 7.88. The number of nitrogens with one attached hydrogen (secondary N) is 1. The molecule has 0 aliphatic carbocycles. The maximum Gasteiger partial charge on any atom is 0.419 e. The molecule has 25 heavy (non-hydrogen) atoms. The van der Waals surface area contributed by atoms with Gasteiger partial charge in [0.2, 0.25) is 0 Å². The molecule has 1 aromatic heterocycles. The summed E-state index contributed by atoms with van der Waals surface area (Å²) >= 11 is 1.14. The zero-order chi connectivity index (χ0) is 18.4. The van der Waals surface area contributed by atoms with E-state index < -0.39 is 36.0 Å². The first-order chi connectivity index (χ1) is 11.8. The first kappa shape index (κ1) is 18.7. The molecule has 0 atom stereocenters. The molecule has 6 nitrogen and oxygen atoms in total. The highest BCUT2D eigenvalue weighted by Gasteiger charge is 2.34. The van der Waals surface area contributed by atoms with E-state index >= 15 is 0 Å². The number of halogens is 3. The standard InChI is InChI=1S/C15H13F3N2O4S/c16-15(17,18)9-3-1-2-4-11(9)24-7-12(21)19-6-5-13-20-10(8-25-13)14(22)23/h1-4,8H,5-7H2,(H,19,21)(H,22,23). The number of amides is 1. The second kappa shape index (κ2) is 7.97. The van der Waals surface area contributed by atoms with Crippen LogP contribution < -0.4 is 10.1 Å². The van der Waals surface area contributed by atoms with Crippen molar-refractivity contribution in [3.63, 3.8) is 0 Å². The molecule has 0 spiro atoms. The number of carboxylic acid groups (broad SMARTS) is 1. The summed E-state index contributed by atoms with van der Waals surface area (Å²) in [6.45, 7) is -0.402.